The molecular weight excluding hydrogens is 292 g/mol. The van der Waals surface area contributed by atoms with Crippen LogP contribution in [0.25, 0.3) is 12.2 Å². The summed E-state index contributed by atoms with van der Waals surface area (Å²) in [5, 5.41) is 38.9. The van der Waals surface area contributed by atoms with Crippen molar-refractivity contribution in [2.24, 2.45) is 0 Å². The Bertz CT molecular complexity index is 769. The molecule has 0 fully saturated rings. The molecule has 23 heavy (non-hydrogen) atoms. The molecular formula is C19H20O4. The summed E-state index contributed by atoms with van der Waals surface area (Å²) in [6.07, 6.45) is 5.89. The molecule has 4 nitrogen and oxygen atoms in total. The minimum Gasteiger partial charge on any atom is -0.508 e. The van der Waals surface area contributed by atoms with Gasteiger partial charge in [0.15, 0.2) is 0 Å². The highest BCUT2D eigenvalue weighted by Crippen LogP contribution is 2.31. The number of aromatic hydroxyl groups is 4. The molecule has 0 aliphatic rings. The van der Waals surface area contributed by atoms with E-state index in [9.17, 15) is 20.4 Å². The fraction of sp³-hybridized carbons (Fsp3) is 0.158. The lowest BCUT2D eigenvalue weighted by Gasteiger charge is -2.08. The molecule has 2 aromatic rings. The van der Waals surface area contributed by atoms with Crippen LogP contribution in [0.1, 0.15) is 30.5 Å². The first-order valence-corrected chi connectivity index (χ1v) is 7.25. The lowest BCUT2D eigenvalue weighted by atomic mass is 10.00. The maximum atomic E-state index is 10.1. The van der Waals surface area contributed by atoms with Crippen molar-refractivity contribution >= 4 is 12.2 Å². The molecule has 4 heteroatoms. The number of allylic oxidation sites excluding steroid dienone is 2. The SMILES string of the molecule is CC(C)=CCc1c(O)cc(O)cc1/C=C/c1ccc(O)cc1O. The molecule has 0 spiro atoms. The second-order valence-corrected chi connectivity index (χ2v) is 5.59. The van der Waals surface area contributed by atoms with Crippen molar-refractivity contribution in [1.82, 2.24) is 0 Å². The van der Waals surface area contributed by atoms with Crippen molar-refractivity contribution < 1.29 is 20.4 Å². The Hall–Kier alpha value is -2.88. The van der Waals surface area contributed by atoms with Crippen molar-refractivity contribution in [2.75, 3.05) is 0 Å². The van der Waals surface area contributed by atoms with Gasteiger partial charge in [0.1, 0.15) is 23.0 Å². The van der Waals surface area contributed by atoms with Crippen LogP contribution in [0.2, 0.25) is 0 Å². The minimum absolute atomic E-state index is 0.0149. The third kappa shape index (κ3) is 4.30. The smallest absolute Gasteiger partial charge is 0.126 e. The van der Waals surface area contributed by atoms with Gasteiger partial charge in [0, 0.05) is 23.3 Å². The minimum atomic E-state index is -0.0449. The highest BCUT2D eigenvalue weighted by molar-refractivity contribution is 5.75. The van der Waals surface area contributed by atoms with Crippen molar-refractivity contribution in [3.8, 4) is 23.0 Å². The molecule has 2 aromatic carbocycles. The van der Waals surface area contributed by atoms with Gasteiger partial charge in [0.2, 0.25) is 0 Å². The second-order valence-electron chi connectivity index (χ2n) is 5.59. The van der Waals surface area contributed by atoms with E-state index >= 15 is 0 Å². The van der Waals surface area contributed by atoms with Gasteiger partial charge in [-0.3, -0.25) is 0 Å². The number of benzene rings is 2. The molecule has 0 atom stereocenters. The van der Waals surface area contributed by atoms with E-state index in [4.69, 9.17) is 0 Å². The average Bonchev–Trinajstić information content (AvgIpc) is 2.44. The Kier molecular flexibility index (Phi) is 4.96. The lowest BCUT2D eigenvalue weighted by molar-refractivity contribution is 0.446. The average molecular weight is 312 g/mol. The topological polar surface area (TPSA) is 80.9 Å². The second kappa shape index (κ2) is 6.92. The molecule has 0 saturated heterocycles. The third-order valence-electron chi connectivity index (χ3n) is 3.42. The zero-order valence-electron chi connectivity index (χ0n) is 13.1. The van der Waals surface area contributed by atoms with Gasteiger partial charge in [0.25, 0.3) is 0 Å². The van der Waals surface area contributed by atoms with Gasteiger partial charge in [-0.25, -0.2) is 0 Å². The molecule has 0 aromatic heterocycles. The van der Waals surface area contributed by atoms with Crippen LogP contribution in [-0.4, -0.2) is 20.4 Å². The maximum absolute atomic E-state index is 10.1. The molecule has 0 radical (unpaired) electrons. The first kappa shape index (κ1) is 16.5. The van der Waals surface area contributed by atoms with Crippen LogP contribution < -0.4 is 0 Å². The number of phenolic OH excluding ortho intramolecular Hbond substituents is 4. The van der Waals surface area contributed by atoms with E-state index in [1.807, 2.05) is 19.9 Å². The fourth-order valence-corrected chi connectivity index (χ4v) is 2.19. The zero-order chi connectivity index (χ0) is 17.0. The molecule has 120 valence electrons. The van der Waals surface area contributed by atoms with E-state index in [-0.39, 0.29) is 23.0 Å². The zero-order valence-corrected chi connectivity index (χ0v) is 13.1. The lowest BCUT2D eigenvalue weighted by Crippen LogP contribution is -1.89. The van der Waals surface area contributed by atoms with Crippen LogP contribution in [0.5, 0.6) is 23.0 Å². The summed E-state index contributed by atoms with van der Waals surface area (Å²) in [4.78, 5) is 0. The molecule has 0 bridgehead atoms. The predicted octanol–water partition coefficient (Wildman–Crippen LogP) is 4.19. The van der Waals surface area contributed by atoms with Gasteiger partial charge in [-0.15, -0.1) is 0 Å². The Morgan fingerprint density at radius 1 is 0.826 bits per heavy atom. The van der Waals surface area contributed by atoms with E-state index in [1.54, 1.807) is 24.3 Å². The van der Waals surface area contributed by atoms with Crippen LogP contribution in [0, 0.1) is 0 Å². The Morgan fingerprint density at radius 3 is 2.13 bits per heavy atom. The first-order chi connectivity index (χ1) is 10.9. The Labute approximate surface area is 135 Å². The van der Waals surface area contributed by atoms with E-state index in [1.165, 1.54) is 18.2 Å². The van der Waals surface area contributed by atoms with Crippen molar-refractivity contribution in [3.63, 3.8) is 0 Å². The van der Waals surface area contributed by atoms with Gasteiger partial charge < -0.3 is 20.4 Å². The molecule has 2 rings (SSSR count). The summed E-state index contributed by atoms with van der Waals surface area (Å²) in [5.41, 5.74) is 3.01. The summed E-state index contributed by atoms with van der Waals surface area (Å²) in [6, 6.07) is 7.18. The molecule has 0 saturated carbocycles. The number of phenols is 4. The summed E-state index contributed by atoms with van der Waals surface area (Å²) < 4.78 is 0. The molecule has 4 N–H and O–H groups in total. The quantitative estimate of drug-likeness (QED) is 0.504. The predicted molar refractivity (Wildman–Crippen MR) is 91.6 cm³/mol. The maximum Gasteiger partial charge on any atom is 0.126 e. The van der Waals surface area contributed by atoms with Gasteiger partial charge in [-0.1, -0.05) is 23.8 Å². The van der Waals surface area contributed by atoms with Crippen LogP contribution in [0.4, 0.5) is 0 Å². The summed E-state index contributed by atoms with van der Waals surface area (Å²) in [6.45, 7) is 3.95. The van der Waals surface area contributed by atoms with Gasteiger partial charge in [-0.2, -0.15) is 0 Å². The molecule has 0 aliphatic heterocycles. The summed E-state index contributed by atoms with van der Waals surface area (Å²) in [5.74, 6) is -0.0644. The van der Waals surface area contributed by atoms with E-state index in [0.29, 0.717) is 23.1 Å². The number of rotatable bonds is 4. The normalized spacial score (nSPS) is 10.9. The standard InChI is InChI=1S/C19H20O4/c1-12(2)3-8-17-14(9-16(21)11-19(17)23)5-4-13-6-7-15(20)10-18(13)22/h3-7,9-11,20-23H,8H2,1-2H3/b5-4+. The van der Waals surface area contributed by atoms with Gasteiger partial charge >= 0.3 is 0 Å². The van der Waals surface area contributed by atoms with E-state index in [2.05, 4.69) is 0 Å². The summed E-state index contributed by atoms with van der Waals surface area (Å²) >= 11 is 0. The van der Waals surface area contributed by atoms with E-state index < -0.39 is 0 Å². The number of hydrogen-bond acceptors (Lipinski definition) is 4. The van der Waals surface area contributed by atoms with Crippen molar-refractivity contribution in [3.05, 3.63) is 58.7 Å². The van der Waals surface area contributed by atoms with Gasteiger partial charge in [0.05, 0.1) is 0 Å². The highest BCUT2D eigenvalue weighted by atomic mass is 16.3. The molecule has 0 heterocycles. The molecule has 0 unspecified atom stereocenters. The van der Waals surface area contributed by atoms with Crippen LogP contribution in [-0.2, 0) is 6.42 Å². The Balaban J connectivity index is 2.41. The first-order valence-electron chi connectivity index (χ1n) is 7.25. The highest BCUT2D eigenvalue weighted by Gasteiger charge is 2.08. The molecule has 0 amide bonds. The van der Waals surface area contributed by atoms with Crippen molar-refractivity contribution in [2.45, 2.75) is 20.3 Å². The van der Waals surface area contributed by atoms with E-state index in [0.717, 1.165) is 5.57 Å². The van der Waals surface area contributed by atoms with Crippen LogP contribution >= 0.6 is 0 Å². The molecule has 0 aliphatic carbocycles. The van der Waals surface area contributed by atoms with Crippen LogP contribution in [0.15, 0.2) is 42.0 Å². The Morgan fingerprint density at radius 2 is 1.48 bits per heavy atom. The fourth-order valence-electron chi connectivity index (χ4n) is 2.19. The summed E-state index contributed by atoms with van der Waals surface area (Å²) in [7, 11) is 0. The monoisotopic (exact) mass is 312 g/mol. The van der Waals surface area contributed by atoms with Gasteiger partial charge in [-0.05, 0) is 44.0 Å². The van der Waals surface area contributed by atoms with Crippen LogP contribution in [0.3, 0.4) is 0 Å². The number of hydrogen-bond donors (Lipinski definition) is 4. The van der Waals surface area contributed by atoms with Crippen molar-refractivity contribution in [1.29, 1.82) is 0 Å². The third-order valence-corrected chi connectivity index (χ3v) is 3.42. The largest absolute Gasteiger partial charge is 0.508 e.